The second-order valence-electron chi connectivity index (χ2n) is 6.50. The molecule has 1 aliphatic heterocycles. The smallest absolute Gasteiger partial charge is 0.214 e. The van der Waals surface area contributed by atoms with E-state index >= 15 is 0 Å². The van der Waals surface area contributed by atoms with E-state index in [1.165, 1.54) is 0 Å². The second-order valence-corrected chi connectivity index (χ2v) is 7.43. The summed E-state index contributed by atoms with van der Waals surface area (Å²) in [7, 11) is 3.70. The molecule has 1 aromatic carbocycles. The molecule has 4 heterocycles. The lowest BCUT2D eigenvalue weighted by atomic mass is 9.90. The first-order valence-corrected chi connectivity index (χ1v) is 9.20. The van der Waals surface area contributed by atoms with Crippen LogP contribution in [-0.4, -0.2) is 44.6 Å². The van der Waals surface area contributed by atoms with Crippen LogP contribution in [0.25, 0.3) is 16.2 Å². The van der Waals surface area contributed by atoms with Crippen molar-refractivity contribution < 1.29 is 4.74 Å². The average molecular weight is 366 g/mol. The lowest BCUT2D eigenvalue weighted by molar-refractivity contribution is -0.0444. The number of methoxy groups -OCH3 is 1. The van der Waals surface area contributed by atoms with Gasteiger partial charge in [-0.3, -0.25) is 4.68 Å². The number of aryl methyl sites for hydroxylation is 1. The molecule has 1 saturated heterocycles. The molecule has 1 aliphatic rings. The molecule has 0 N–H and O–H groups in total. The highest BCUT2D eigenvalue weighted by Gasteiger charge is 2.48. The maximum absolute atomic E-state index is 5.84. The quantitative estimate of drug-likeness (QED) is 0.555. The molecule has 1 fully saturated rings. The summed E-state index contributed by atoms with van der Waals surface area (Å²) in [5.41, 5.74) is 2.81. The van der Waals surface area contributed by atoms with Gasteiger partial charge in [0.1, 0.15) is 5.60 Å². The second kappa shape index (κ2) is 5.65. The third kappa shape index (κ3) is 2.26. The highest BCUT2D eigenvalue weighted by molar-refractivity contribution is 7.20. The van der Waals surface area contributed by atoms with E-state index < -0.39 is 0 Å². The van der Waals surface area contributed by atoms with E-state index in [0.717, 1.165) is 40.1 Å². The number of fused-ring (bicyclic) bond motifs is 1. The maximum Gasteiger partial charge on any atom is 0.214 e. The van der Waals surface area contributed by atoms with Crippen LogP contribution in [0.4, 0.5) is 5.13 Å². The van der Waals surface area contributed by atoms with Crippen molar-refractivity contribution in [1.82, 2.24) is 24.4 Å². The number of hydrogen-bond acceptors (Lipinski definition) is 6. The fraction of sp³-hybridized carbons (Fsp3) is 0.278. The van der Waals surface area contributed by atoms with E-state index in [0.29, 0.717) is 0 Å². The van der Waals surface area contributed by atoms with Gasteiger partial charge in [0, 0.05) is 25.9 Å². The highest BCUT2D eigenvalue weighted by Crippen LogP contribution is 2.39. The molecule has 8 heteroatoms. The van der Waals surface area contributed by atoms with Crippen LogP contribution < -0.4 is 4.90 Å². The normalized spacial score (nSPS) is 16.2. The molecule has 3 aromatic heterocycles. The van der Waals surface area contributed by atoms with Gasteiger partial charge in [0.2, 0.25) is 10.1 Å². The zero-order chi connectivity index (χ0) is 17.7. The van der Waals surface area contributed by atoms with Gasteiger partial charge in [-0.15, -0.1) is 5.10 Å². The summed E-state index contributed by atoms with van der Waals surface area (Å²) in [6.45, 7) is 1.51. The number of benzene rings is 1. The molecule has 7 nitrogen and oxygen atoms in total. The predicted octanol–water partition coefficient (Wildman–Crippen LogP) is 2.55. The van der Waals surface area contributed by atoms with E-state index in [2.05, 4.69) is 22.1 Å². The van der Waals surface area contributed by atoms with Crippen molar-refractivity contribution in [2.24, 2.45) is 7.05 Å². The van der Waals surface area contributed by atoms with Crippen LogP contribution in [0.1, 0.15) is 5.69 Å². The van der Waals surface area contributed by atoms with Crippen LogP contribution in [-0.2, 0) is 17.4 Å². The number of aromatic nitrogens is 5. The van der Waals surface area contributed by atoms with Gasteiger partial charge in [0.15, 0.2) is 0 Å². The third-order valence-corrected chi connectivity index (χ3v) is 5.93. The van der Waals surface area contributed by atoms with Gasteiger partial charge in [0.05, 0.1) is 30.7 Å². The highest BCUT2D eigenvalue weighted by atomic mass is 32.1. The fourth-order valence-electron chi connectivity index (χ4n) is 3.49. The van der Waals surface area contributed by atoms with Gasteiger partial charge in [-0.25, -0.2) is 9.50 Å². The van der Waals surface area contributed by atoms with Gasteiger partial charge in [-0.1, -0.05) is 41.7 Å². The predicted molar refractivity (Wildman–Crippen MR) is 100 cm³/mol. The first-order valence-electron chi connectivity index (χ1n) is 8.39. The molecule has 26 heavy (non-hydrogen) atoms. The Labute approximate surface area is 154 Å². The van der Waals surface area contributed by atoms with Crippen LogP contribution in [0.5, 0.6) is 0 Å². The Morgan fingerprint density at radius 3 is 2.62 bits per heavy atom. The summed E-state index contributed by atoms with van der Waals surface area (Å²) in [5.74, 6) is 0. The molecule has 5 rings (SSSR count). The lowest BCUT2D eigenvalue weighted by Crippen LogP contribution is -2.61. The Morgan fingerprint density at radius 1 is 1.15 bits per heavy atom. The van der Waals surface area contributed by atoms with Crippen LogP contribution in [0.2, 0.25) is 0 Å². The molecule has 4 aromatic rings. The van der Waals surface area contributed by atoms with Gasteiger partial charge in [-0.2, -0.15) is 5.10 Å². The molecule has 0 atom stereocenters. The Morgan fingerprint density at radius 2 is 1.96 bits per heavy atom. The van der Waals surface area contributed by atoms with Gasteiger partial charge in [0.25, 0.3) is 0 Å². The van der Waals surface area contributed by atoms with Crippen LogP contribution in [0, 0.1) is 0 Å². The Balaban J connectivity index is 1.40. The zero-order valence-corrected chi connectivity index (χ0v) is 15.3. The summed E-state index contributed by atoms with van der Waals surface area (Å²) >= 11 is 1.60. The lowest BCUT2D eigenvalue weighted by Gasteiger charge is -2.48. The molecule has 0 saturated carbocycles. The van der Waals surface area contributed by atoms with Gasteiger partial charge < -0.3 is 9.64 Å². The van der Waals surface area contributed by atoms with Crippen LogP contribution >= 0.6 is 11.3 Å². The maximum atomic E-state index is 5.84. The van der Waals surface area contributed by atoms with Crippen molar-refractivity contribution in [1.29, 1.82) is 0 Å². The Kier molecular flexibility index (Phi) is 3.38. The summed E-state index contributed by atoms with van der Waals surface area (Å²) in [4.78, 5) is 7.83. The van der Waals surface area contributed by atoms with Crippen molar-refractivity contribution in [2.75, 3.05) is 25.1 Å². The zero-order valence-electron chi connectivity index (χ0n) is 14.5. The summed E-state index contributed by atoms with van der Waals surface area (Å²) < 4.78 is 9.57. The number of anilines is 1. The minimum atomic E-state index is -0.325. The molecule has 132 valence electrons. The molecular weight excluding hydrogens is 348 g/mol. The minimum absolute atomic E-state index is 0.325. The largest absolute Gasteiger partial charge is 0.368 e. The minimum Gasteiger partial charge on any atom is -0.368 e. The summed E-state index contributed by atoms with van der Waals surface area (Å²) in [5, 5.41) is 9.93. The molecule has 0 spiro atoms. The van der Waals surface area contributed by atoms with E-state index in [1.807, 2.05) is 46.7 Å². The van der Waals surface area contributed by atoms with Crippen molar-refractivity contribution >= 4 is 21.4 Å². The molecule has 0 radical (unpaired) electrons. The van der Waals surface area contributed by atoms with Crippen molar-refractivity contribution in [3.63, 3.8) is 0 Å². The monoisotopic (exact) mass is 366 g/mol. The van der Waals surface area contributed by atoms with Crippen molar-refractivity contribution in [2.45, 2.75) is 5.60 Å². The first-order chi connectivity index (χ1) is 12.7. The van der Waals surface area contributed by atoms with Crippen molar-refractivity contribution in [3.8, 4) is 11.3 Å². The number of nitrogens with zero attached hydrogens (tertiary/aromatic N) is 6. The Hall–Kier alpha value is -2.71. The number of rotatable bonds is 4. The molecule has 0 aliphatic carbocycles. The summed E-state index contributed by atoms with van der Waals surface area (Å²) in [6, 6.07) is 12.2. The van der Waals surface area contributed by atoms with Gasteiger partial charge in [-0.05, 0) is 6.07 Å². The van der Waals surface area contributed by atoms with E-state index in [-0.39, 0.29) is 5.60 Å². The molecule has 0 bridgehead atoms. The third-order valence-electron chi connectivity index (χ3n) is 4.94. The van der Waals surface area contributed by atoms with E-state index in [4.69, 9.17) is 14.8 Å². The molecule has 0 amide bonds. The van der Waals surface area contributed by atoms with E-state index in [1.54, 1.807) is 24.6 Å². The number of imidazole rings is 1. The fourth-order valence-corrected chi connectivity index (χ4v) is 4.37. The number of hydrogen-bond donors (Lipinski definition) is 0. The summed E-state index contributed by atoms with van der Waals surface area (Å²) in [6.07, 6.45) is 3.79. The SMILES string of the molecule is COC1(c2ccnn2C)CN(c2nn3cc(-c4ccccc4)nc3s2)C1. The first kappa shape index (κ1) is 15.5. The van der Waals surface area contributed by atoms with Crippen LogP contribution in [0.15, 0.2) is 48.8 Å². The standard InChI is InChI=1S/C18H18N6OS/c1-22-15(8-9-19-22)18(25-2)11-23(12-18)17-21-24-10-14(20-16(24)26-17)13-6-4-3-5-7-13/h3-10H,11-12H2,1-2H3. The van der Waals surface area contributed by atoms with E-state index in [9.17, 15) is 0 Å². The average Bonchev–Trinajstić information content (AvgIpc) is 3.31. The molecule has 0 unspecified atom stereocenters. The topological polar surface area (TPSA) is 60.5 Å². The Bertz CT molecular complexity index is 1030. The number of ether oxygens (including phenoxy) is 1. The molecular formula is C18H18N6OS. The van der Waals surface area contributed by atoms with Crippen LogP contribution in [0.3, 0.4) is 0 Å². The van der Waals surface area contributed by atoms with Crippen molar-refractivity contribution in [3.05, 3.63) is 54.5 Å². The van der Waals surface area contributed by atoms with Gasteiger partial charge >= 0.3 is 0 Å².